The highest BCUT2D eigenvalue weighted by Crippen LogP contribution is 2.16. The summed E-state index contributed by atoms with van der Waals surface area (Å²) in [7, 11) is 1.88. The van der Waals surface area contributed by atoms with Crippen LogP contribution in [0.4, 0.5) is 0 Å². The number of carbonyl (C=O) groups is 1. The van der Waals surface area contributed by atoms with Crippen molar-refractivity contribution in [3.05, 3.63) is 35.9 Å². The molecule has 0 amide bonds. The van der Waals surface area contributed by atoms with Crippen LogP contribution in [-0.2, 0) is 0 Å². The van der Waals surface area contributed by atoms with E-state index in [4.69, 9.17) is 0 Å². The zero-order chi connectivity index (χ0) is 11.3. The minimum atomic E-state index is 0.0670. The van der Waals surface area contributed by atoms with E-state index in [1.54, 1.807) is 0 Å². The fraction of sp³-hybridized carbons (Fsp3) is 0.462. The van der Waals surface area contributed by atoms with Crippen LogP contribution in [0.3, 0.4) is 0 Å². The SMILES string of the molecule is CNCC(C(=O)c1ccccc1)C(C)C. The van der Waals surface area contributed by atoms with E-state index < -0.39 is 0 Å². The molecule has 1 unspecified atom stereocenters. The van der Waals surface area contributed by atoms with Crippen LogP contribution in [0.2, 0.25) is 0 Å². The summed E-state index contributed by atoms with van der Waals surface area (Å²) in [6.07, 6.45) is 0. The Morgan fingerprint density at radius 2 is 1.87 bits per heavy atom. The van der Waals surface area contributed by atoms with Crippen LogP contribution in [-0.4, -0.2) is 19.4 Å². The van der Waals surface area contributed by atoms with Gasteiger partial charge < -0.3 is 5.32 Å². The highest BCUT2D eigenvalue weighted by molar-refractivity contribution is 5.98. The van der Waals surface area contributed by atoms with Crippen molar-refractivity contribution >= 4 is 5.78 Å². The number of hydrogen-bond acceptors (Lipinski definition) is 2. The maximum absolute atomic E-state index is 12.1. The molecule has 15 heavy (non-hydrogen) atoms. The van der Waals surface area contributed by atoms with Gasteiger partial charge >= 0.3 is 0 Å². The summed E-state index contributed by atoms with van der Waals surface area (Å²) < 4.78 is 0. The second-order valence-corrected chi connectivity index (χ2v) is 4.14. The molecule has 0 heterocycles. The lowest BCUT2D eigenvalue weighted by molar-refractivity contribution is 0.0886. The van der Waals surface area contributed by atoms with Gasteiger partial charge in [0.2, 0.25) is 0 Å². The van der Waals surface area contributed by atoms with Crippen molar-refractivity contribution in [3.63, 3.8) is 0 Å². The van der Waals surface area contributed by atoms with E-state index in [0.29, 0.717) is 5.92 Å². The molecule has 0 spiro atoms. The first-order valence-corrected chi connectivity index (χ1v) is 5.40. The molecule has 1 aromatic carbocycles. The van der Waals surface area contributed by atoms with Crippen molar-refractivity contribution in [2.45, 2.75) is 13.8 Å². The van der Waals surface area contributed by atoms with Crippen LogP contribution in [0.25, 0.3) is 0 Å². The van der Waals surface area contributed by atoms with Gasteiger partial charge in [-0.15, -0.1) is 0 Å². The zero-order valence-electron chi connectivity index (χ0n) is 9.66. The summed E-state index contributed by atoms with van der Waals surface area (Å²) in [6.45, 7) is 4.91. The van der Waals surface area contributed by atoms with E-state index in [9.17, 15) is 4.79 Å². The lowest BCUT2D eigenvalue weighted by atomic mass is 9.88. The first kappa shape index (κ1) is 11.9. The van der Waals surface area contributed by atoms with Crippen molar-refractivity contribution in [3.8, 4) is 0 Å². The number of nitrogens with one attached hydrogen (secondary N) is 1. The average Bonchev–Trinajstić information content (AvgIpc) is 2.26. The Morgan fingerprint density at radius 1 is 1.27 bits per heavy atom. The third-order valence-electron chi connectivity index (χ3n) is 2.62. The third-order valence-corrected chi connectivity index (χ3v) is 2.62. The molecule has 1 atom stereocenters. The Balaban J connectivity index is 2.81. The van der Waals surface area contributed by atoms with Crippen molar-refractivity contribution in [2.75, 3.05) is 13.6 Å². The molecule has 2 nitrogen and oxygen atoms in total. The van der Waals surface area contributed by atoms with E-state index in [1.165, 1.54) is 0 Å². The summed E-state index contributed by atoms with van der Waals surface area (Å²) in [6, 6.07) is 9.51. The Hall–Kier alpha value is -1.15. The first-order valence-electron chi connectivity index (χ1n) is 5.40. The number of hydrogen-bond donors (Lipinski definition) is 1. The van der Waals surface area contributed by atoms with Gasteiger partial charge in [-0.25, -0.2) is 0 Å². The summed E-state index contributed by atoms with van der Waals surface area (Å²) in [5, 5.41) is 3.08. The van der Waals surface area contributed by atoms with Crippen LogP contribution in [0.1, 0.15) is 24.2 Å². The van der Waals surface area contributed by atoms with E-state index in [-0.39, 0.29) is 11.7 Å². The molecule has 0 aliphatic carbocycles. The van der Waals surface area contributed by atoms with Crippen LogP contribution >= 0.6 is 0 Å². The van der Waals surface area contributed by atoms with Gasteiger partial charge in [0.05, 0.1) is 0 Å². The molecule has 82 valence electrons. The number of ketones is 1. The van der Waals surface area contributed by atoms with Crippen molar-refractivity contribution in [1.82, 2.24) is 5.32 Å². The maximum atomic E-state index is 12.1. The number of Topliss-reactive ketones (excluding diaryl/α,β-unsaturated/α-hetero) is 1. The van der Waals surface area contributed by atoms with Crippen LogP contribution in [0, 0.1) is 11.8 Å². The Labute approximate surface area is 91.7 Å². The van der Waals surface area contributed by atoms with Crippen molar-refractivity contribution in [2.24, 2.45) is 11.8 Å². The van der Waals surface area contributed by atoms with Gasteiger partial charge in [0, 0.05) is 18.0 Å². The fourth-order valence-electron chi connectivity index (χ4n) is 1.67. The highest BCUT2D eigenvalue weighted by Gasteiger charge is 2.22. The molecule has 2 heteroatoms. The van der Waals surface area contributed by atoms with Gasteiger partial charge in [0.1, 0.15) is 0 Å². The Kier molecular flexibility index (Phi) is 4.50. The molecule has 0 aliphatic rings. The monoisotopic (exact) mass is 205 g/mol. The lowest BCUT2D eigenvalue weighted by Crippen LogP contribution is -2.30. The van der Waals surface area contributed by atoms with E-state index in [1.807, 2.05) is 37.4 Å². The first-order chi connectivity index (χ1) is 7.16. The molecule has 1 N–H and O–H groups in total. The molecule has 0 saturated carbocycles. The van der Waals surface area contributed by atoms with Crippen molar-refractivity contribution in [1.29, 1.82) is 0 Å². The predicted octanol–water partition coefficient (Wildman–Crippen LogP) is 2.36. The number of carbonyl (C=O) groups excluding carboxylic acids is 1. The molecular weight excluding hydrogens is 186 g/mol. The second kappa shape index (κ2) is 5.66. The molecular formula is C13H19NO. The largest absolute Gasteiger partial charge is 0.319 e. The summed E-state index contributed by atoms with van der Waals surface area (Å²) >= 11 is 0. The second-order valence-electron chi connectivity index (χ2n) is 4.14. The number of benzene rings is 1. The fourth-order valence-corrected chi connectivity index (χ4v) is 1.67. The smallest absolute Gasteiger partial charge is 0.167 e. The summed E-state index contributed by atoms with van der Waals surface area (Å²) in [5.41, 5.74) is 0.812. The van der Waals surface area contributed by atoms with Crippen LogP contribution < -0.4 is 5.32 Å². The lowest BCUT2D eigenvalue weighted by Gasteiger charge is -2.19. The van der Waals surface area contributed by atoms with E-state index in [0.717, 1.165) is 12.1 Å². The minimum absolute atomic E-state index is 0.0670. The molecule has 1 aromatic rings. The summed E-state index contributed by atoms with van der Waals surface area (Å²) in [5.74, 6) is 0.669. The molecule has 0 radical (unpaired) electrons. The van der Waals surface area contributed by atoms with Crippen molar-refractivity contribution < 1.29 is 4.79 Å². The molecule has 0 saturated heterocycles. The normalized spacial score (nSPS) is 12.8. The van der Waals surface area contributed by atoms with E-state index >= 15 is 0 Å². The average molecular weight is 205 g/mol. The number of rotatable bonds is 5. The third kappa shape index (κ3) is 3.17. The molecule has 1 rings (SSSR count). The Morgan fingerprint density at radius 3 is 2.33 bits per heavy atom. The quantitative estimate of drug-likeness (QED) is 0.748. The van der Waals surface area contributed by atoms with Gasteiger partial charge in [-0.05, 0) is 13.0 Å². The van der Waals surface area contributed by atoms with Gasteiger partial charge in [-0.2, -0.15) is 0 Å². The minimum Gasteiger partial charge on any atom is -0.319 e. The van der Waals surface area contributed by atoms with Gasteiger partial charge in [-0.1, -0.05) is 44.2 Å². The topological polar surface area (TPSA) is 29.1 Å². The van der Waals surface area contributed by atoms with E-state index in [2.05, 4.69) is 19.2 Å². The standard InChI is InChI=1S/C13H19NO/c1-10(2)12(9-14-3)13(15)11-7-5-4-6-8-11/h4-8,10,12,14H,9H2,1-3H3. The van der Waals surface area contributed by atoms with Gasteiger partial charge in [0.15, 0.2) is 5.78 Å². The molecule has 0 aromatic heterocycles. The predicted molar refractivity (Wildman–Crippen MR) is 63.0 cm³/mol. The molecule has 0 bridgehead atoms. The maximum Gasteiger partial charge on any atom is 0.167 e. The van der Waals surface area contributed by atoms with Crippen LogP contribution in [0.5, 0.6) is 0 Å². The molecule has 0 fully saturated rings. The van der Waals surface area contributed by atoms with Gasteiger partial charge in [-0.3, -0.25) is 4.79 Å². The van der Waals surface area contributed by atoms with Gasteiger partial charge in [0.25, 0.3) is 0 Å². The Bertz CT molecular complexity index is 306. The van der Waals surface area contributed by atoms with Crippen LogP contribution in [0.15, 0.2) is 30.3 Å². The molecule has 0 aliphatic heterocycles. The zero-order valence-corrected chi connectivity index (χ0v) is 9.66. The summed E-state index contributed by atoms with van der Waals surface area (Å²) in [4.78, 5) is 12.1. The highest BCUT2D eigenvalue weighted by atomic mass is 16.1.